The van der Waals surface area contributed by atoms with Crippen molar-refractivity contribution in [3.05, 3.63) is 47.8 Å². The molecular weight excluding hydrogens is 272 g/mol. The molecule has 0 aliphatic rings. The monoisotopic (exact) mass is 288 g/mol. The van der Waals surface area contributed by atoms with Crippen LogP contribution >= 0.6 is 0 Å². The summed E-state index contributed by atoms with van der Waals surface area (Å²) in [7, 11) is 1.49. The molecule has 0 fully saturated rings. The number of aromatic nitrogens is 2. The summed E-state index contributed by atoms with van der Waals surface area (Å²) in [5.74, 6) is -0.999. The standard InChI is InChI=1S/C15H16N2O4/c1-10(14(18)19)12-5-3-4-6-13(12)21-9-11-7-8-16-15(17-11)20-2/h3-8,10H,9H2,1-2H3,(H,18,19). The van der Waals surface area contributed by atoms with E-state index in [1.807, 2.05) is 0 Å². The third kappa shape index (κ3) is 3.68. The molecule has 110 valence electrons. The maximum absolute atomic E-state index is 11.1. The van der Waals surface area contributed by atoms with E-state index in [-0.39, 0.29) is 12.6 Å². The van der Waals surface area contributed by atoms with Crippen LogP contribution < -0.4 is 9.47 Å². The number of hydrogen-bond donors (Lipinski definition) is 1. The number of rotatable bonds is 6. The fourth-order valence-electron chi connectivity index (χ4n) is 1.81. The molecule has 1 N–H and O–H groups in total. The SMILES string of the molecule is COc1nccc(COc2ccccc2C(C)C(=O)O)n1. The van der Waals surface area contributed by atoms with Gasteiger partial charge in [0.15, 0.2) is 0 Å². The van der Waals surface area contributed by atoms with Crippen LogP contribution in [0.2, 0.25) is 0 Å². The largest absolute Gasteiger partial charge is 0.487 e. The molecule has 6 heteroatoms. The molecule has 0 saturated heterocycles. The van der Waals surface area contributed by atoms with Crippen molar-refractivity contribution in [2.45, 2.75) is 19.4 Å². The molecule has 1 unspecified atom stereocenters. The van der Waals surface area contributed by atoms with Gasteiger partial charge < -0.3 is 14.6 Å². The van der Waals surface area contributed by atoms with Crippen molar-refractivity contribution in [1.82, 2.24) is 9.97 Å². The van der Waals surface area contributed by atoms with Gasteiger partial charge in [0.2, 0.25) is 0 Å². The van der Waals surface area contributed by atoms with Crippen LogP contribution in [-0.4, -0.2) is 28.2 Å². The second kappa shape index (κ2) is 6.69. The summed E-state index contributed by atoms with van der Waals surface area (Å²) in [6.07, 6.45) is 1.58. The molecule has 0 saturated carbocycles. The highest BCUT2D eigenvalue weighted by Crippen LogP contribution is 2.27. The molecule has 0 aliphatic carbocycles. The number of benzene rings is 1. The van der Waals surface area contributed by atoms with Crippen LogP contribution in [0.4, 0.5) is 0 Å². The van der Waals surface area contributed by atoms with E-state index >= 15 is 0 Å². The number of hydrogen-bond acceptors (Lipinski definition) is 5. The topological polar surface area (TPSA) is 81.5 Å². The predicted octanol–water partition coefficient (Wildman–Crippen LogP) is 2.25. The fraction of sp³-hybridized carbons (Fsp3) is 0.267. The van der Waals surface area contributed by atoms with Gasteiger partial charge in [-0.2, -0.15) is 4.98 Å². The van der Waals surface area contributed by atoms with E-state index in [9.17, 15) is 4.79 Å². The van der Waals surface area contributed by atoms with E-state index in [1.54, 1.807) is 43.5 Å². The molecule has 0 bridgehead atoms. The maximum atomic E-state index is 11.1. The van der Waals surface area contributed by atoms with Gasteiger partial charge in [-0.3, -0.25) is 4.79 Å². The van der Waals surface area contributed by atoms with Crippen molar-refractivity contribution in [2.24, 2.45) is 0 Å². The first-order valence-corrected chi connectivity index (χ1v) is 6.42. The molecule has 2 rings (SSSR count). The third-order valence-corrected chi connectivity index (χ3v) is 3.01. The lowest BCUT2D eigenvalue weighted by molar-refractivity contribution is -0.138. The Bertz CT molecular complexity index is 631. The van der Waals surface area contributed by atoms with Crippen molar-refractivity contribution >= 4 is 5.97 Å². The average Bonchev–Trinajstić information content (AvgIpc) is 2.52. The van der Waals surface area contributed by atoms with Crippen LogP contribution in [0.3, 0.4) is 0 Å². The van der Waals surface area contributed by atoms with Crippen molar-refractivity contribution in [1.29, 1.82) is 0 Å². The number of carbonyl (C=O) groups is 1. The van der Waals surface area contributed by atoms with Gasteiger partial charge in [0.1, 0.15) is 12.4 Å². The number of carboxylic acids is 1. The van der Waals surface area contributed by atoms with Crippen molar-refractivity contribution in [3.8, 4) is 11.8 Å². The fourth-order valence-corrected chi connectivity index (χ4v) is 1.81. The second-order valence-corrected chi connectivity index (χ2v) is 4.42. The highest BCUT2D eigenvalue weighted by atomic mass is 16.5. The molecular formula is C15H16N2O4. The number of carboxylic acid groups (broad SMARTS) is 1. The Morgan fingerprint density at radius 3 is 2.81 bits per heavy atom. The van der Waals surface area contributed by atoms with Crippen LogP contribution in [0.15, 0.2) is 36.5 Å². The zero-order valence-corrected chi connectivity index (χ0v) is 11.8. The summed E-state index contributed by atoms with van der Waals surface area (Å²) in [5.41, 5.74) is 1.28. The number of aliphatic carboxylic acids is 1. The first kappa shape index (κ1) is 14.8. The summed E-state index contributed by atoms with van der Waals surface area (Å²) in [6, 6.07) is 9.06. The summed E-state index contributed by atoms with van der Waals surface area (Å²) >= 11 is 0. The van der Waals surface area contributed by atoms with Crippen molar-refractivity contribution < 1.29 is 19.4 Å². The molecule has 0 amide bonds. The molecule has 0 aliphatic heterocycles. The van der Waals surface area contributed by atoms with E-state index in [0.29, 0.717) is 17.0 Å². The Hall–Kier alpha value is -2.63. The molecule has 21 heavy (non-hydrogen) atoms. The lowest BCUT2D eigenvalue weighted by Crippen LogP contribution is -2.10. The van der Waals surface area contributed by atoms with Crippen molar-refractivity contribution in [2.75, 3.05) is 7.11 Å². The van der Waals surface area contributed by atoms with Gasteiger partial charge >= 0.3 is 12.0 Å². The van der Waals surface area contributed by atoms with Gasteiger partial charge in [-0.25, -0.2) is 4.98 Å². The highest BCUT2D eigenvalue weighted by molar-refractivity contribution is 5.76. The van der Waals surface area contributed by atoms with E-state index in [2.05, 4.69) is 9.97 Å². The number of methoxy groups -OCH3 is 1. The third-order valence-electron chi connectivity index (χ3n) is 3.01. The summed E-state index contributed by atoms with van der Waals surface area (Å²) < 4.78 is 10.6. The van der Waals surface area contributed by atoms with Crippen LogP contribution in [0.5, 0.6) is 11.8 Å². The van der Waals surface area contributed by atoms with Gasteiger partial charge in [-0.1, -0.05) is 18.2 Å². The van der Waals surface area contributed by atoms with Gasteiger partial charge in [0, 0.05) is 11.8 Å². The van der Waals surface area contributed by atoms with E-state index < -0.39 is 11.9 Å². The van der Waals surface area contributed by atoms with Crippen LogP contribution in [0.25, 0.3) is 0 Å². The van der Waals surface area contributed by atoms with Crippen LogP contribution in [-0.2, 0) is 11.4 Å². The molecule has 1 heterocycles. The molecule has 1 atom stereocenters. The molecule has 2 aromatic rings. The molecule has 0 spiro atoms. The number of nitrogens with zero attached hydrogens (tertiary/aromatic N) is 2. The van der Waals surface area contributed by atoms with Crippen LogP contribution in [0.1, 0.15) is 24.1 Å². The second-order valence-electron chi connectivity index (χ2n) is 4.42. The van der Waals surface area contributed by atoms with Crippen molar-refractivity contribution in [3.63, 3.8) is 0 Å². The van der Waals surface area contributed by atoms with Gasteiger partial charge in [-0.05, 0) is 19.1 Å². The minimum absolute atomic E-state index is 0.211. The van der Waals surface area contributed by atoms with E-state index in [1.165, 1.54) is 7.11 Å². The molecule has 6 nitrogen and oxygen atoms in total. The van der Waals surface area contributed by atoms with Gasteiger partial charge in [0.05, 0.1) is 18.7 Å². The molecule has 1 aromatic heterocycles. The summed E-state index contributed by atoms with van der Waals surface area (Å²) in [6.45, 7) is 1.83. The Morgan fingerprint density at radius 1 is 1.33 bits per heavy atom. The maximum Gasteiger partial charge on any atom is 0.316 e. The van der Waals surface area contributed by atoms with Gasteiger partial charge in [-0.15, -0.1) is 0 Å². The van der Waals surface area contributed by atoms with Crippen LogP contribution in [0, 0.1) is 0 Å². The minimum atomic E-state index is -0.894. The Kier molecular flexibility index (Phi) is 4.71. The normalized spacial score (nSPS) is 11.7. The quantitative estimate of drug-likeness (QED) is 0.878. The Labute approximate surface area is 122 Å². The van der Waals surface area contributed by atoms with E-state index in [4.69, 9.17) is 14.6 Å². The number of ether oxygens (including phenoxy) is 2. The minimum Gasteiger partial charge on any atom is -0.487 e. The highest BCUT2D eigenvalue weighted by Gasteiger charge is 2.18. The zero-order chi connectivity index (χ0) is 15.2. The predicted molar refractivity (Wildman–Crippen MR) is 75.4 cm³/mol. The number of para-hydroxylation sites is 1. The molecule has 0 radical (unpaired) electrons. The first-order valence-electron chi connectivity index (χ1n) is 6.42. The average molecular weight is 288 g/mol. The smallest absolute Gasteiger partial charge is 0.316 e. The molecule has 1 aromatic carbocycles. The lowest BCUT2D eigenvalue weighted by atomic mass is 10.0. The first-order chi connectivity index (χ1) is 10.1. The zero-order valence-electron chi connectivity index (χ0n) is 11.8. The lowest BCUT2D eigenvalue weighted by Gasteiger charge is -2.14. The summed E-state index contributed by atoms with van der Waals surface area (Å²) in [5, 5.41) is 9.12. The Morgan fingerprint density at radius 2 is 2.10 bits per heavy atom. The Balaban J connectivity index is 2.14. The summed E-state index contributed by atoms with van der Waals surface area (Å²) in [4.78, 5) is 19.2. The van der Waals surface area contributed by atoms with Gasteiger partial charge in [0.25, 0.3) is 0 Å². The van der Waals surface area contributed by atoms with E-state index in [0.717, 1.165) is 0 Å².